The van der Waals surface area contributed by atoms with Crippen molar-refractivity contribution in [3.63, 3.8) is 0 Å². The first-order chi connectivity index (χ1) is 12.0. The maximum absolute atomic E-state index is 12.7. The molecule has 2 aromatic rings. The summed E-state index contributed by atoms with van der Waals surface area (Å²) < 4.78 is 7.58. The number of imidazole rings is 1. The second-order valence-electron chi connectivity index (χ2n) is 6.73. The van der Waals surface area contributed by atoms with E-state index in [4.69, 9.17) is 4.74 Å². The highest BCUT2D eigenvalue weighted by Crippen LogP contribution is 2.20. The summed E-state index contributed by atoms with van der Waals surface area (Å²) in [5.74, 6) is 0.820. The number of carbonyl (C=O) groups is 1. The van der Waals surface area contributed by atoms with Crippen molar-refractivity contribution in [3.05, 3.63) is 54.1 Å². The Morgan fingerprint density at radius 1 is 1.36 bits per heavy atom. The van der Waals surface area contributed by atoms with Crippen LogP contribution in [0.2, 0.25) is 0 Å². The topological polar surface area (TPSA) is 59.4 Å². The van der Waals surface area contributed by atoms with Gasteiger partial charge in [-0.1, -0.05) is 30.3 Å². The van der Waals surface area contributed by atoms with Gasteiger partial charge in [0.1, 0.15) is 11.9 Å². The van der Waals surface area contributed by atoms with Crippen LogP contribution in [0.4, 0.5) is 0 Å². The largest absolute Gasteiger partial charge is 0.376 e. The summed E-state index contributed by atoms with van der Waals surface area (Å²) in [7, 11) is 1.94. The summed E-state index contributed by atoms with van der Waals surface area (Å²) >= 11 is 0. The first-order valence-corrected chi connectivity index (χ1v) is 8.71. The van der Waals surface area contributed by atoms with Crippen LogP contribution in [-0.4, -0.2) is 52.2 Å². The van der Waals surface area contributed by atoms with E-state index in [2.05, 4.69) is 22.1 Å². The molecule has 1 saturated heterocycles. The summed E-state index contributed by atoms with van der Waals surface area (Å²) in [5.41, 5.74) is 1.02. The zero-order valence-corrected chi connectivity index (χ0v) is 15.1. The van der Waals surface area contributed by atoms with Crippen LogP contribution in [0.3, 0.4) is 0 Å². The predicted molar refractivity (Wildman–Crippen MR) is 96.1 cm³/mol. The third kappa shape index (κ3) is 4.27. The molecular formula is C19H26N4O2. The molecule has 25 heavy (non-hydrogen) atoms. The van der Waals surface area contributed by atoms with Crippen molar-refractivity contribution in [1.82, 2.24) is 19.8 Å². The van der Waals surface area contributed by atoms with Crippen molar-refractivity contribution in [2.45, 2.75) is 32.0 Å². The van der Waals surface area contributed by atoms with Gasteiger partial charge in [0.15, 0.2) is 0 Å². The Balaban J connectivity index is 1.74. The summed E-state index contributed by atoms with van der Waals surface area (Å²) in [6.07, 6.45) is 3.80. The number of aromatic nitrogens is 2. The zero-order valence-electron chi connectivity index (χ0n) is 15.1. The molecule has 2 heterocycles. The third-order valence-electron chi connectivity index (χ3n) is 4.64. The Kier molecular flexibility index (Phi) is 5.50. The van der Waals surface area contributed by atoms with Crippen LogP contribution in [0.1, 0.15) is 31.3 Å². The predicted octanol–water partition coefficient (Wildman–Crippen LogP) is 1.73. The fourth-order valence-electron chi connectivity index (χ4n) is 3.18. The molecule has 6 heteroatoms. The minimum atomic E-state index is -0.262. The van der Waals surface area contributed by atoms with E-state index in [1.54, 1.807) is 6.20 Å². The molecule has 1 aromatic heterocycles. The third-order valence-corrected chi connectivity index (χ3v) is 4.64. The van der Waals surface area contributed by atoms with Gasteiger partial charge in [-0.2, -0.15) is 0 Å². The van der Waals surface area contributed by atoms with Gasteiger partial charge in [0.2, 0.25) is 5.91 Å². The van der Waals surface area contributed by atoms with Crippen molar-refractivity contribution in [3.8, 4) is 0 Å². The lowest BCUT2D eigenvalue weighted by Gasteiger charge is -2.36. The molecule has 1 fully saturated rings. The zero-order chi connectivity index (χ0) is 17.8. The number of nitrogens with zero attached hydrogens (tertiary/aromatic N) is 3. The second kappa shape index (κ2) is 7.80. The monoisotopic (exact) mass is 342 g/mol. The maximum atomic E-state index is 12.7. The minimum Gasteiger partial charge on any atom is -0.376 e. The molecule has 134 valence electrons. The molecule has 0 aliphatic carbocycles. The number of carbonyl (C=O) groups excluding carboxylic acids is 1. The number of morpholine rings is 1. The van der Waals surface area contributed by atoms with Crippen molar-refractivity contribution in [2.75, 3.05) is 19.7 Å². The van der Waals surface area contributed by atoms with Crippen LogP contribution in [0.5, 0.6) is 0 Å². The molecule has 0 radical (unpaired) electrons. The van der Waals surface area contributed by atoms with Crippen LogP contribution in [0.15, 0.2) is 42.7 Å². The average molecular weight is 342 g/mol. The number of ether oxygens (including phenoxy) is 1. The molecule has 6 nitrogen and oxygen atoms in total. The van der Waals surface area contributed by atoms with E-state index in [1.807, 2.05) is 55.1 Å². The normalized spacial score (nSPS) is 22.5. The molecule has 0 saturated carbocycles. The number of aryl methyl sites for hydroxylation is 1. The molecular weight excluding hydrogens is 316 g/mol. The Morgan fingerprint density at radius 2 is 2.12 bits per heavy atom. The second-order valence-corrected chi connectivity index (χ2v) is 6.73. The SMILES string of the molecule is C[C@@H]1CN(CC(=O)N[C@H](c2ccccc2)c2nccn2C)[C@@H](C)CO1. The lowest BCUT2D eigenvalue weighted by atomic mass is 10.1. The standard InChI is InChI=1S/C19H26N4O2/c1-14-13-25-15(2)11-23(14)12-17(24)21-18(16-7-5-4-6-8-16)19-20-9-10-22(19)3/h4-10,14-15,18H,11-13H2,1-3H3,(H,21,24)/t14-,15+,18+/m0/s1. The summed E-state index contributed by atoms with van der Waals surface area (Å²) in [5, 5.41) is 3.15. The fourth-order valence-corrected chi connectivity index (χ4v) is 3.18. The smallest absolute Gasteiger partial charge is 0.235 e. The number of amides is 1. The molecule has 0 unspecified atom stereocenters. The van der Waals surface area contributed by atoms with Crippen molar-refractivity contribution >= 4 is 5.91 Å². The minimum absolute atomic E-state index is 0.00203. The van der Waals surface area contributed by atoms with Crippen molar-refractivity contribution in [2.24, 2.45) is 7.05 Å². The highest BCUT2D eigenvalue weighted by Gasteiger charge is 2.27. The molecule has 0 spiro atoms. The van der Waals surface area contributed by atoms with Crippen LogP contribution in [-0.2, 0) is 16.6 Å². The number of nitrogens with one attached hydrogen (secondary N) is 1. The van der Waals surface area contributed by atoms with Gasteiger partial charge < -0.3 is 14.6 Å². The van der Waals surface area contributed by atoms with E-state index in [9.17, 15) is 4.79 Å². The Hall–Kier alpha value is -2.18. The quantitative estimate of drug-likeness (QED) is 0.899. The molecule has 3 atom stereocenters. The molecule has 3 rings (SSSR count). The van der Waals surface area contributed by atoms with E-state index in [1.165, 1.54) is 0 Å². The lowest BCUT2D eigenvalue weighted by Crippen LogP contribution is -2.51. The molecule has 0 bridgehead atoms. The van der Waals surface area contributed by atoms with Crippen molar-refractivity contribution < 1.29 is 9.53 Å². The number of hydrogen-bond donors (Lipinski definition) is 1. The summed E-state index contributed by atoms with van der Waals surface area (Å²) in [4.78, 5) is 19.3. The van der Waals surface area contributed by atoms with Gasteiger partial charge in [0, 0.05) is 32.0 Å². The van der Waals surface area contributed by atoms with E-state index < -0.39 is 0 Å². The van der Waals surface area contributed by atoms with Crippen LogP contribution >= 0.6 is 0 Å². The van der Waals surface area contributed by atoms with Crippen LogP contribution in [0.25, 0.3) is 0 Å². The highest BCUT2D eigenvalue weighted by molar-refractivity contribution is 5.79. The molecule has 1 amide bonds. The van der Waals surface area contributed by atoms with Gasteiger partial charge >= 0.3 is 0 Å². The van der Waals surface area contributed by atoms with Gasteiger partial charge in [-0.3, -0.25) is 9.69 Å². The Bertz CT molecular complexity index is 700. The van der Waals surface area contributed by atoms with Gasteiger partial charge in [0.05, 0.1) is 19.3 Å². The van der Waals surface area contributed by atoms with E-state index in [0.717, 1.165) is 17.9 Å². The fraction of sp³-hybridized carbons (Fsp3) is 0.474. The molecule has 1 aromatic carbocycles. The number of benzene rings is 1. The van der Waals surface area contributed by atoms with Gasteiger partial charge in [0.25, 0.3) is 0 Å². The highest BCUT2D eigenvalue weighted by atomic mass is 16.5. The van der Waals surface area contributed by atoms with Crippen LogP contribution < -0.4 is 5.32 Å². The molecule has 1 N–H and O–H groups in total. The average Bonchev–Trinajstić information content (AvgIpc) is 3.02. The Labute approximate surface area is 148 Å². The first-order valence-electron chi connectivity index (χ1n) is 8.71. The van der Waals surface area contributed by atoms with Gasteiger partial charge in [-0.25, -0.2) is 4.98 Å². The number of rotatable bonds is 5. The molecule has 1 aliphatic rings. The molecule has 1 aliphatic heterocycles. The van der Waals surface area contributed by atoms with Crippen LogP contribution in [0, 0.1) is 0 Å². The lowest BCUT2D eigenvalue weighted by molar-refractivity contribution is -0.126. The van der Waals surface area contributed by atoms with E-state index in [-0.39, 0.29) is 24.1 Å². The van der Waals surface area contributed by atoms with Gasteiger partial charge in [-0.05, 0) is 19.4 Å². The first kappa shape index (κ1) is 17.6. The summed E-state index contributed by atoms with van der Waals surface area (Å²) in [6.45, 7) is 5.93. The number of hydrogen-bond acceptors (Lipinski definition) is 4. The maximum Gasteiger partial charge on any atom is 0.235 e. The summed E-state index contributed by atoms with van der Waals surface area (Å²) in [6, 6.07) is 9.93. The Morgan fingerprint density at radius 3 is 2.80 bits per heavy atom. The van der Waals surface area contributed by atoms with Crippen molar-refractivity contribution in [1.29, 1.82) is 0 Å². The van der Waals surface area contributed by atoms with E-state index in [0.29, 0.717) is 13.2 Å². The van der Waals surface area contributed by atoms with Gasteiger partial charge in [-0.15, -0.1) is 0 Å². The van der Waals surface area contributed by atoms with E-state index >= 15 is 0 Å².